The lowest BCUT2D eigenvalue weighted by atomic mass is 10.2. The van der Waals surface area contributed by atoms with Crippen LogP contribution >= 0.6 is 0 Å². The summed E-state index contributed by atoms with van der Waals surface area (Å²) < 4.78 is 35.6. The standard InChI is InChI=1S/C16H19N5O3S/c22-25(23,20-13-4-2-1-3-5-13)14-6-7-24-15(8-14)21-16-12(10-19-21)9-17-11-18-16/h1-5,10-11,14-15,20H,6-9H2,(H,17,18). The number of hydrogen-bond donors (Lipinski definition) is 2. The highest BCUT2D eigenvalue weighted by Gasteiger charge is 2.35. The summed E-state index contributed by atoms with van der Waals surface area (Å²) in [6.45, 7) is 0.931. The monoisotopic (exact) mass is 361 g/mol. The molecule has 0 spiro atoms. The van der Waals surface area contributed by atoms with E-state index in [1.54, 1.807) is 41.5 Å². The second-order valence-electron chi connectivity index (χ2n) is 6.06. The number of rotatable bonds is 4. The summed E-state index contributed by atoms with van der Waals surface area (Å²) in [5.41, 5.74) is 1.54. The molecule has 0 amide bonds. The third-order valence-corrected chi connectivity index (χ3v) is 6.21. The number of nitrogens with zero attached hydrogens (tertiary/aromatic N) is 3. The first-order valence-electron chi connectivity index (χ1n) is 8.13. The van der Waals surface area contributed by atoms with Crippen LogP contribution in [0, 0.1) is 0 Å². The molecule has 1 fully saturated rings. The molecule has 2 aromatic rings. The number of hydrogen-bond acceptors (Lipinski definition) is 6. The maximum Gasteiger partial charge on any atom is 0.235 e. The van der Waals surface area contributed by atoms with E-state index in [9.17, 15) is 8.42 Å². The summed E-state index contributed by atoms with van der Waals surface area (Å²) in [5, 5.41) is 6.88. The smallest absolute Gasteiger partial charge is 0.235 e. The van der Waals surface area contributed by atoms with E-state index in [0.29, 0.717) is 31.7 Å². The first kappa shape index (κ1) is 16.1. The molecule has 2 atom stereocenters. The number of sulfonamides is 1. The number of anilines is 2. The normalized spacial score (nSPS) is 22.9. The highest BCUT2D eigenvalue weighted by molar-refractivity contribution is 7.93. The van der Waals surface area contributed by atoms with Gasteiger partial charge in [-0.3, -0.25) is 9.71 Å². The van der Waals surface area contributed by atoms with Gasteiger partial charge in [-0.2, -0.15) is 5.10 Å². The largest absolute Gasteiger partial charge is 0.356 e. The lowest BCUT2D eigenvalue weighted by Gasteiger charge is -2.30. The van der Waals surface area contributed by atoms with Crippen LogP contribution in [0.25, 0.3) is 0 Å². The molecule has 2 aliphatic heterocycles. The molecule has 0 radical (unpaired) electrons. The molecule has 0 saturated carbocycles. The Hall–Kier alpha value is -2.39. The SMILES string of the molecule is O=S(=O)(Nc1ccccc1)C1CCOC(n2ncc3c2NC=NC3)C1. The van der Waals surface area contributed by atoms with Gasteiger partial charge in [0.1, 0.15) is 5.82 Å². The van der Waals surface area contributed by atoms with Crippen molar-refractivity contribution < 1.29 is 13.2 Å². The summed E-state index contributed by atoms with van der Waals surface area (Å²) in [6.07, 6.45) is 3.73. The van der Waals surface area contributed by atoms with Crippen molar-refractivity contribution in [1.29, 1.82) is 0 Å². The molecule has 2 aliphatic rings. The molecule has 9 heteroatoms. The predicted octanol–water partition coefficient (Wildman–Crippen LogP) is 1.96. The van der Waals surface area contributed by atoms with Crippen molar-refractivity contribution in [1.82, 2.24) is 9.78 Å². The summed E-state index contributed by atoms with van der Waals surface area (Å²) in [6, 6.07) is 8.92. The van der Waals surface area contributed by atoms with E-state index < -0.39 is 21.5 Å². The van der Waals surface area contributed by atoms with Gasteiger partial charge in [0.15, 0.2) is 6.23 Å². The summed E-state index contributed by atoms with van der Waals surface area (Å²) in [5.74, 6) is 0.814. The van der Waals surface area contributed by atoms with Crippen LogP contribution in [0.15, 0.2) is 41.5 Å². The van der Waals surface area contributed by atoms with Crippen molar-refractivity contribution in [3.05, 3.63) is 42.1 Å². The van der Waals surface area contributed by atoms with Crippen molar-refractivity contribution in [3.63, 3.8) is 0 Å². The van der Waals surface area contributed by atoms with Crippen LogP contribution in [0.1, 0.15) is 24.6 Å². The van der Waals surface area contributed by atoms with Crippen LogP contribution in [0.2, 0.25) is 0 Å². The molecular weight excluding hydrogens is 342 g/mol. The lowest BCUT2D eigenvalue weighted by Crippen LogP contribution is -2.36. The summed E-state index contributed by atoms with van der Waals surface area (Å²) >= 11 is 0. The minimum absolute atomic E-state index is 0.342. The van der Waals surface area contributed by atoms with Gasteiger partial charge in [0.2, 0.25) is 10.0 Å². The first-order valence-corrected chi connectivity index (χ1v) is 9.67. The molecule has 4 rings (SSSR count). The third-order valence-electron chi connectivity index (χ3n) is 4.39. The molecular formula is C16H19N5O3S. The third kappa shape index (κ3) is 3.24. The van der Waals surface area contributed by atoms with Crippen molar-refractivity contribution in [3.8, 4) is 0 Å². The lowest BCUT2D eigenvalue weighted by molar-refractivity contribution is -0.0364. The van der Waals surface area contributed by atoms with Gasteiger partial charge in [0.05, 0.1) is 30.9 Å². The molecule has 0 bridgehead atoms. The summed E-state index contributed by atoms with van der Waals surface area (Å²) in [7, 11) is -3.50. The maximum absolute atomic E-state index is 12.7. The zero-order valence-corrected chi connectivity index (χ0v) is 14.3. The van der Waals surface area contributed by atoms with Crippen molar-refractivity contribution in [2.24, 2.45) is 4.99 Å². The van der Waals surface area contributed by atoms with Crippen LogP contribution in [0.5, 0.6) is 0 Å². The number of ether oxygens (including phenoxy) is 1. The topological polar surface area (TPSA) is 97.6 Å². The molecule has 8 nitrogen and oxygen atoms in total. The van der Waals surface area contributed by atoms with E-state index in [0.717, 1.165) is 11.4 Å². The van der Waals surface area contributed by atoms with Crippen molar-refractivity contribution in [2.75, 3.05) is 16.6 Å². The molecule has 1 saturated heterocycles. The number of aromatic nitrogens is 2. The van der Waals surface area contributed by atoms with E-state index >= 15 is 0 Å². The Balaban J connectivity index is 1.52. The summed E-state index contributed by atoms with van der Waals surface area (Å²) in [4.78, 5) is 4.14. The number of benzene rings is 1. The van der Waals surface area contributed by atoms with Gasteiger partial charge < -0.3 is 10.1 Å². The molecule has 1 aromatic heterocycles. The number of nitrogens with one attached hydrogen (secondary N) is 2. The molecule has 25 heavy (non-hydrogen) atoms. The van der Waals surface area contributed by atoms with Gasteiger partial charge in [-0.05, 0) is 18.6 Å². The van der Waals surface area contributed by atoms with Gasteiger partial charge >= 0.3 is 0 Å². The fraction of sp³-hybridized carbons (Fsp3) is 0.375. The molecule has 1 aromatic carbocycles. The average molecular weight is 361 g/mol. The van der Waals surface area contributed by atoms with Gasteiger partial charge in [0.25, 0.3) is 0 Å². The highest BCUT2D eigenvalue weighted by atomic mass is 32.2. The van der Waals surface area contributed by atoms with Crippen LogP contribution in [-0.2, 0) is 21.3 Å². The minimum atomic E-state index is -3.50. The van der Waals surface area contributed by atoms with Crippen molar-refractivity contribution in [2.45, 2.75) is 30.9 Å². The zero-order valence-electron chi connectivity index (χ0n) is 13.5. The molecule has 0 aliphatic carbocycles. The average Bonchev–Trinajstić information content (AvgIpc) is 3.06. The van der Waals surface area contributed by atoms with Gasteiger partial charge in [-0.25, -0.2) is 13.1 Å². The molecule has 3 heterocycles. The second kappa shape index (κ2) is 6.49. The number of fused-ring (bicyclic) bond motifs is 1. The predicted molar refractivity (Wildman–Crippen MR) is 95.0 cm³/mol. The Morgan fingerprint density at radius 2 is 2.12 bits per heavy atom. The van der Waals surface area contributed by atoms with Crippen LogP contribution < -0.4 is 10.0 Å². The van der Waals surface area contributed by atoms with E-state index in [2.05, 4.69) is 20.1 Å². The van der Waals surface area contributed by atoms with Crippen LogP contribution in [0.4, 0.5) is 11.5 Å². The van der Waals surface area contributed by atoms with Gasteiger partial charge in [0, 0.05) is 17.7 Å². The van der Waals surface area contributed by atoms with Crippen molar-refractivity contribution >= 4 is 27.9 Å². The number of aliphatic imine (C=N–C) groups is 1. The fourth-order valence-electron chi connectivity index (χ4n) is 3.09. The van der Waals surface area contributed by atoms with E-state index in [4.69, 9.17) is 4.74 Å². The van der Waals surface area contributed by atoms with Gasteiger partial charge in [-0.15, -0.1) is 0 Å². The van der Waals surface area contributed by atoms with Gasteiger partial charge in [-0.1, -0.05) is 18.2 Å². The van der Waals surface area contributed by atoms with Crippen LogP contribution in [0.3, 0.4) is 0 Å². The fourth-order valence-corrected chi connectivity index (χ4v) is 4.55. The Morgan fingerprint density at radius 1 is 1.28 bits per heavy atom. The molecule has 132 valence electrons. The zero-order chi connectivity index (χ0) is 17.3. The quantitative estimate of drug-likeness (QED) is 0.867. The van der Waals surface area contributed by atoms with Crippen LogP contribution in [-0.4, -0.2) is 36.4 Å². The second-order valence-corrected chi connectivity index (χ2v) is 8.02. The van der Waals surface area contributed by atoms with E-state index in [-0.39, 0.29) is 0 Å². The maximum atomic E-state index is 12.7. The Morgan fingerprint density at radius 3 is 2.96 bits per heavy atom. The number of para-hydroxylation sites is 1. The molecule has 2 unspecified atom stereocenters. The Bertz CT molecular complexity index is 878. The Kier molecular flexibility index (Phi) is 4.18. The highest BCUT2D eigenvalue weighted by Crippen LogP contribution is 2.32. The molecule has 2 N–H and O–H groups in total. The minimum Gasteiger partial charge on any atom is -0.356 e. The first-order chi connectivity index (χ1) is 12.1. The van der Waals surface area contributed by atoms with E-state index in [1.807, 2.05) is 6.07 Å². The van der Waals surface area contributed by atoms with E-state index in [1.165, 1.54) is 0 Å². The Labute approximate surface area is 146 Å².